The van der Waals surface area contributed by atoms with Crippen LogP contribution in [0.25, 0.3) is 0 Å². The molecule has 1 aliphatic heterocycles. The lowest BCUT2D eigenvalue weighted by Crippen LogP contribution is -2.70. The third-order valence-corrected chi connectivity index (χ3v) is 8.88. The van der Waals surface area contributed by atoms with Gasteiger partial charge < -0.3 is 28.8 Å². The predicted octanol–water partition coefficient (Wildman–Crippen LogP) is 8.49. The lowest BCUT2D eigenvalue weighted by Gasteiger charge is -2.51. The van der Waals surface area contributed by atoms with Crippen molar-refractivity contribution in [3.05, 3.63) is 178 Å². The van der Waals surface area contributed by atoms with Crippen LogP contribution in [0.4, 0.5) is 8.78 Å². The molecule has 6 nitrogen and oxygen atoms in total. The standard InChI is InChI=1S/C41H39ClF2O6/c42-35-24-14-13-23-34(35)41(43,44)39-37(48-27-32-19-9-3-10-20-32)36(47-26-31-17-7-2-8-18-31)38(49-28-33-21-11-4-12-22-33)40(45,50-39)29-46-25-30-15-5-1-6-16-30/h1-24,36-39,45H,25-29H2/t36-,37-,38+,39-,40-/m1/s1. The van der Waals surface area contributed by atoms with E-state index >= 15 is 8.78 Å². The van der Waals surface area contributed by atoms with Gasteiger partial charge in [0.1, 0.15) is 24.9 Å². The maximum atomic E-state index is 17.0. The van der Waals surface area contributed by atoms with Gasteiger partial charge >= 0.3 is 5.92 Å². The maximum absolute atomic E-state index is 17.0. The van der Waals surface area contributed by atoms with E-state index in [4.69, 9.17) is 35.3 Å². The Morgan fingerprint density at radius 2 is 1.00 bits per heavy atom. The molecule has 0 aromatic heterocycles. The summed E-state index contributed by atoms with van der Waals surface area (Å²) in [5, 5.41) is 12.3. The Morgan fingerprint density at radius 1 is 0.580 bits per heavy atom. The predicted molar refractivity (Wildman–Crippen MR) is 186 cm³/mol. The van der Waals surface area contributed by atoms with Crippen LogP contribution in [0.5, 0.6) is 0 Å². The van der Waals surface area contributed by atoms with Crippen LogP contribution in [-0.4, -0.2) is 41.9 Å². The quantitative estimate of drug-likeness (QED) is 0.118. The zero-order valence-electron chi connectivity index (χ0n) is 27.3. The van der Waals surface area contributed by atoms with Crippen molar-refractivity contribution in [1.29, 1.82) is 0 Å². The van der Waals surface area contributed by atoms with Gasteiger partial charge in [-0.1, -0.05) is 151 Å². The minimum absolute atomic E-state index is 0.0211. The topological polar surface area (TPSA) is 66.4 Å². The van der Waals surface area contributed by atoms with E-state index in [1.54, 1.807) is 6.07 Å². The molecule has 0 spiro atoms. The van der Waals surface area contributed by atoms with E-state index in [0.717, 1.165) is 22.3 Å². The lowest BCUT2D eigenvalue weighted by atomic mass is 9.86. The number of hydrogen-bond acceptors (Lipinski definition) is 6. The summed E-state index contributed by atoms with van der Waals surface area (Å²) in [6, 6.07) is 42.8. The van der Waals surface area contributed by atoms with Gasteiger partial charge in [-0.3, -0.25) is 0 Å². The van der Waals surface area contributed by atoms with Gasteiger partial charge in [0, 0.05) is 10.6 Å². The van der Waals surface area contributed by atoms with E-state index in [1.807, 2.05) is 121 Å². The molecule has 9 heteroatoms. The Morgan fingerprint density at radius 3 is 1.50 bits per heavy atom. The third-order valence-electron chi connectivity index (χ3n) is 8.55. The van der Waals surface area contributed by atoms with E-state index in [0.29, 0.717) is 0 Å². The Balaban J connectivity index is 1.42. The highest BCUT2D eigenvalue weighted by molar-refractivity contribution is 6.31. The van der Waals surface area contributed by atoms with Crippen molar-refractivity contribution in [2.75, 3.05) is 6.61 Å². The molecule has 1 aliphatic rings. The molecule has 1 heterocycles. The molecule has 0 radical (unpaired) electrons. The van der Waals surface area contributed by atoms with Gasteiger partial charge in [-0.2, -0.15) is 8.78 Å². The second-order valence-corrected chi connectivity index (χ2v) is 12.6. The largest absolute Gasteiger partial charge is 0.371 e. The fraction of sp³-hybridized carbons (Fsp3) is 0.268. The normalized spacial score (nSPS) is 22.3. The fourth-order valence-electron chi connectivity index (χ4n) is 6.01. The number of alkyl halides is 2. The van der Waals surface area contributed by atoms with Gasteiger partial charge in [0.15, 0.2) is 6.10 Å². The first-order valence-electron chi connectivity index (χ1n) is 16.4. The van der Waals surface area contributed by atoms with Gasteiger partial charge in [-0.25, -0.2) is 0 Å². The molecule has 1 N–H and O–H groups in total. The Kier molecular flexibility index (Phi) is 12.0. The average molecular weight is 701 g/mol. The SMILES string of the molecule is O[C@]1(COCc2ccccc2)O[C@@H](C(F)(F)c2ccccc2Cl)[C@H](OCc2ccccc2)[C@@H](OCc2ccccc2)[C@@H]1OCc1ccccc1. The van der Waals surface area contributed by atoms with E-state index in [1.165, 1.54) is 18.2 Å². The zero-order valence-corrected chi connectivity index (χ0v) is 28.1. The van der Waals surface area contributed by atoms with Gasteiger partial charge in [-0.05, 0) is 28.3 Å². The molecule has 5 aromatic carbocycles. The number of ether oxygens (including phenoxy) is 5. The van der Waals surface area contributed by atoms with Crippen LogP contribution in [0.3, 0.4) is 0 Å². The summed E-state index contributed by atoms with van der Waals surface area (Å²) in [7, 11) is 0. The monoisotopic (exact) mass is 700 g/mol. The van der Waals surface area contributed by atoms with Crippen molar-refractivity contribution in [2.24, 2.45) is 0 Å². The van der Waals surface area contributed by atoms with Crippen LogP contribution in [0.2, 0.25) is 5.02 Å². The summed E-state index contributed by atoms with van der Waals surface area (Å²) < 4.78 is 65.4. The van der Waals surface area contributed by atoms with Crippen LogP contribution in [-0.2, 0) is 56.0 Å². The first-order chi connectivity index (χ1) is 24.3. The molecule has 50 heavy (non-hydrogen) atoms. The molecular formula is C41H39ClF2O6. The second-order valence-electron chi connectivity index (χ2n) is 12.2. The molecule has 0 aliphatic carbocycles. The number of rotatable bonds is 15. The van der Waals surface area contributed by atoms with Crippen LogP contribution in [0.15, 0.2) is 146 Å². The molecule has 1 saturated heterocycles. The summed E-state index contributed by atoms with van der Waals surface area (Å²) >= 11 is 6.38. The van der Waals surface area contributed by atoms with Gasteiger partial charge in [0.2, 0.25) is 5.79 Å². The maximum Gasteiger partial charge on any atom is 0.303 e. The molecule has 5 aromatic rings. The molecule has 6 rings (SSSR count). The van der Waals surface area contributed by atoms with Crippen molar-refractivity contribution in [3.63, 3.8) is 0 Å². The number of hydrogen-bond donors (Lipinski definition) is 1. The van der Waals surface area contributed by atoms with Crippen LogP contribution >= 0.6 is 11.6 Å². The molecule has 260 valence electrons. The molecule has 0 amide bonds. The van der Waals surface area contributed by atoms with Crippen LogP contribution in [0.1, 0.15) is 27.8 Å². The molecule has 0 saturated carbocycles. The van der Waals surface area contributed by atoms with Crippen molar-refractivity contribution in [2.45, 2.75) is 62.6 Å². The molecule has 5 atom stereocenters. The second kappa shape index (κ2) is 16.8. The summed E-state index contributed by atoms with van der Waals surface area (Å²) in [5.41, 5.74) is 2.70. The van der Waals surface area contributed by atoms with Crippen LogP contribution < -0.4 is 0 Å². The molecule has 0 unspecified atom stereocenters. The lowest BCUT2D eigenvalue weighted by molar-refractivity contribution is -0.401. The zero-order chi connectivity index (χ0) is 34.8. The van der Waals surface area contributed by atoms with Crippen molar-refractivity contribution in [3.8, 4) is 0 Å². The summed E-state index contributed by atoms with van der Waals surface area (Å²) in [5.74, 6) is -6.17. The van der Waals surface area contributed by atoms with E-state index in [-0.39, 0.29) is 31.5 Å². The first kappa shape index (κ1) is 35.8. The Labute approximate surface area is 296 Å². The van der Waals surface area contributed by atoms with E-state index in [2.05, 4.69) is 0 Å². The first-order valence-corrected chi connectivity index (χ1v) is 16.8. The average Bonchev–Trinajstić information content (AvgIpc) is 3.14. The summed E-state index contributed by atoms with van der Waals surface area (Å²) in [6.45, 7) is -0.408. The number of halogens is 3. The van der Waals surface area contributed by atoms with Crippen molar-refractivity contribution >= 4 is 11.6 Å². The Bertz CT molecular complexity index is 1750. The minimum Gasteiger partial charge on any atom is -0.371 e. The minimum atomic E-state index is -3.76. The van der Waals surface area contributed by atoms with Crippen molar-refractivity contribution in [1.82, 2.24) is 0 Å². The van der Waals surface area contributed by atoms with Gasteiger partial charge in [0.25, 0.3) is 0 Å². The number of aliphatic hydroxyl groups is 1. The third kappa shape index (κ3) is 8.83. The van der Waals surface area contributed by atoms with Crippen LogP contribution in [0, 0.1) is 0 Å². The van der Waals surface area contributed by atoms with E-state index in [9.17, 15) is 5.11 Å². The summed E-state index contributed by atoms with van der Waals surface area (Å²) in [6.07, 6.45) is -6.12. The molecular weight excluding hydrogens is 662 g/mol. The Hall–Kier alpha value is -3.99. The van der Waals surface area contributed by atoms with Gasteiger partial charge in [-0.15, -0.1) is 0 Å². The fourth-order valence-corrected chi connectivity index (χ4v) is 6.27. The summed E-state index contributed by atoms with van der Waals surface area (Å²) in [4.78, 5) is 0. The number of benzene rings is 5. The smallest absolute Gasteiger partial charge is 0.303 e. The van der Waals surface area contributed by atoms with Gasteiger partial charge in [0.05, 0.1) is 26.4 Å². The highest BCUT2D eigenvalue weighted by Gasteiger charge is 2.63. The highest BCUT2D eigenvalue weighted by Crippen LogP contribution is 2.46. The molecule has 0 bridgehead atoms. The van der Waals surface area contributed by atoms with E-state index < -0.39 is 48.3 Å². The highest BCUT2D eigenvalue weighted by atomic mass is 35.5. The van der Waals surface area contributed by atoms with Crippen molar-refractivity contribution < 1.29 is 37.6 Å². The molecule has 1 fully saturated rings.